The molecule has 3 heteroatoms. The average molecular weight is 594 g/mol. The second kappa shape index (κ2) is 11.5. The predicted octanol–water partition coefficient (Wildman–Crippen LogP) is 8.31. The fourth-order valence-electron chi connectivity index (χ4n) is 6.85. The van der Waals surface area contributed by atoms with Crippen molar-refractivity contribution >= 4 is 45.9 Å². The number of rotatable bonds is 6. The fourth-order valence-corrected chi connectivity index (χ4v) is 11.8. The van der Waals surface area contributed by atoms with Crippen LogP contribution >= 0.6 is 0 Å². The van der Waals surface area contributed by atoms with Crippen LogP contribution in [0.5, 0.6) is 11.5 Å². The number of anilines is 3. The second-order valence-corrected chi connectivity index (χ2v) is 15.0. The third-order valence-electron chi connectivity index (χ3n) is 8.80. The molecule has 0 aliphatic carbocycles. The third kappa shape index (κ3) is 4.57. The van der Waals surface area contributed by atoms with Crippen LogP contribution in [0.1, 0.15) is 0 Å². The van der Waals surface area contributed by atoms with E-state index in [1.165, 1.54) is 20.7 Å². The van der Waals surface area contributed by atoms with E-state index >= 15 is 0 Å². The quantitative estimate of drug-likeness (QED) is 0.180. The molecule has 8 rings (SSSR count). The van der Waals surface area contributed by atoms with Crippen molar-refractivity contribution in [3.63, 3.8) is 0 Å². The van der Waals surface area contributed by atoms with E-state index in [9.17, 15) is 0 Å². The summed E-state index contributed by atoms with van der Waals surface area (Å²) in [5.74, 6) is 1.89. The zero-order chi connectivity index (χ0) is 30.1. The molecule has 0 aromatic heterocycles. The van der Waals surface area contributed by atoms with Crippen LogP contribution in [-0.4, -0.2) is 8.07 Å². The highest BCUT2D eigenvalue weighted by molar-refractivity contribution is 7.20. The van der Waals surface area contributed by atoms with Gasteiger partial charge in [-0.15, -0.1) is 0 Å². The van der Waals surface area contributed by atoms with Crippen molar-refractivity contribution < 1.29 is 4.74 Å². The van der Waals surface area contributed by atoms with Crippen LogP contribution < -0.4 is 30.4 Å². The molecule has 0 unspecified atom stereocenters. The van der Waals surface area contributed by atoms with Gasteiger partial charge in [-0.2, -0.15) is 0 Å². The van der Waals surface area contributed by atoms with Gasteiger partial charge >= 0.3 is 0 Å². The smallest absolute Gasteiger partial charge is 0.188 e. The summed E-state index contributed by atoms with van der Waals surface area (Å²) >= 11 is 0. The lowest BCUT2D eigenvalue weighted by atomic mass is 10.0. The molecule has 1 aliphatic heterocycles. The Bertz CT molecular complexity index is 1980. The molecule has 7 aromatic rings. The molecule has 45 heavy (non-hydrogen) atoms. The van der Waals surface area contributed by atoms with Crippen LogP contribution in [0, 0.1) is 0 Å². The molecule has 0 bridgehead atoms. The Labute approximate surface area is 265 Å². The Hall–Kier alpha value is -5.64. The Kier molecular flexibility index (Phi) is 6.86. The Balaban J connectivity index is 1.31. The van der Waals surface area contributed by atoms with Gasteiger partial charge in [-0.1, -0.05) is 146 Å². The molecule has 0 radical (unpaired) electrons. The molecule has 0 spiro atoms. The van der Waals surface area contributed by atoms with E-state index in [-0.39, 0.29) is 0 Å². The Morgan fingerprint density at radius 3 is 1.42 bits per heavy atom. The van der Waals surface area contributed by atoms with Crippen molar-refractivity contribution in [3.8, 4) is 22.6 Å². The lowest BCUT2D eigenvalue weighted by molar-refractivity contribution is 0.489. The van der Waals surface area contributed by atoms with Crippen molar-refractivity contribution in [1.29, 1.82) is 0 Å². The summed E-state index contributed by atoms with van der Waals surface area (Å²) in [5, 5.41) is 5.25. The second-order valence-electron chi connectivity index (χ2n) is 11.3. The number of nitrogens with zero attached hydrogens (tertiary/aromatic N) is 1. The van der Waals surface area contributed by atoms with Gasteiger partial charge in [0, 0.05) is 22.6 Å². The van der Waals surface area contributed by atoms with Crippen LogP contribution in [0.15, 0.2) is 188 Å². The zero-order valence-corrected chi connectivity index (χ0v) is 25.8. The molecule has 7 aromatic carbocycles. The van der Waals surface area contributed by atoms with Crippen LogP contribution in [0.4, 0.5) is 17.1 Å². The van der Waals surface area contributed by atoms with Gasteiger partial charge in [0.05, 0.1) is 0 Å². The van der Waals surface area contributed by atoms with E-state index in [0.717, 1.165) is 39.7 Å². The normalized spacial score (nSPS) is 12.8. The molecule has 1 aliphatic rings. The van der Waals surface area contributed by atoms with Crippen molar-refractivity contribution in [1.82, 2.24) is 0 Å². The predicted molar refractivity (Wildman–Crippen MR) is 190 cm³/mol. The highest BCUT2D eigenvalue weighted by Crippen LogP contribution is 2.39. The lowest BCUT2D eigenvalue weighted by Gasteiger charge is -2.40. The molecule has 0 saturated heterocycles. The number of fused-ring (bicyclic) bond motifs is 2. The molecule has 0 amide bonds. The molecule has 1 heterocycles. The van der Waals surface area contributed by atoms with Crippen LogP contribution in [-0.2, 0) is 0 Å². The highest BCUT2D eigenvalue weighted by atomic mass is 28.3. The van der Waals surface area contributed by atoms with Crippen LogP contribution in [0.2, 0.25) is 0 Å². The molecule has 0 N–H and O–H groups in total. The minimum atomic E-state index is -2.69. The maximum Gasteiger partial charge on any atom is 0.188 e. The number of ether oxygens (including phenoxy) is 1. The van der Waals surface area contributed by atoms with Gasteiger partial charge < -0.3 is 9.64 Å². The minimum absolute atomic E-state index is 0.938. The van der Waals surface area contributed by atoms with E-state index in [1.54, 1.807) is 0 Å². The molecular weight excluding hydrogens is 563 g/mol. The average Bonchev–Trinajstić information content (AvgIpc) is 3.12. The maximum atomic E-state index is 6.90. The summed E-state index contributed by atoms with van der Waals surface area (Å²) < 4.78 is 6.90. The van der Waals surface area contributed by atoms with Crippen LogP contribution in [0.25, 0.3) is 11.1 Å². The monoisotopic (exact) mass is 593 g/mol. The zero-order valence-electron chi connectivity index (χ0n) is 24.8. The summed E-state index contributed by atoms with van der Waals surface area (Å²) in [7, 11) is -2.69. The van der Waals surface area contributed by atoms with Gasteiger partial charge in [-0.25, -0.2) is 0 Å². The van der Waals surface area contributed by atoms with Gasteiger partial charge in [0.2, 0.25) is 0 Å². The first-order valence-corrected chi connectivity index (χ1v) is 17.4. The van der Waals surface area contributed by atoms with Crippen molar-refractivity contribution in [2.45, 2.75) is 0 Å². The van der Waals surface area contributed by atoms with Gasteiger partial charge in [-0.3, -0.25) is 0 Å². The standard InChI is InChI=1S/C42H31NOSi/c1-5-16-33(17-6-1)43(34-18-7-2-8-19-34)35-30-28-32(29-31-35)38-24-15-27-41-42(38)44-39-25-13-14-26-40(39)45(41,36-20-9-3-10-21-36)37-22-11-4-12-23-37/h1-31H. The largest absolute Gasteiger partial charge is 0.457 e. The first-order chi connectivity index (χ1) is 22.3. The minimum Gasteiger partial charge on any atom is -0.457 e. The maximum absolute atomic E-state index is 6.90. The van der Waals surface area contributed by atoms with Gasteiger partial charge in [0.1, 0.15) is 11.5 Å². The number of benzene rings is 7. The number of hydrogen-bond acceptors (Lipinski definition) is 2. The van der Waals surface area contributed by atoms with E-state index in [2.05, 4.69) is 193 Å². The van der Waals surface area contributed by atoms with Gasteiger partial charge in [0.25, 0.3) is 0 Å². The molecular formula is C42H31NOSi. The fraction of sp³-hybridized carbons (Fsp3) is 0. The van der Waals surface area contributed by atoms with E-state index in [4.69, 9.17) is 4.74 Å². The topological polar surface area (TPSA) is 12.5 Å². The van der Waals surface area contributed by atoms with Gasteiger partial charge in [-0.05, 0) is 68.8 Å². The summed E-state index contributed by atoms with van der Waals surface area (Å²) in [4.78, 5) is 2.29. The van der Waals surface area contributed by atoms with Crippen molar-refractivity contribution in [3.05, 3.63) is 188 Å². The first-order valence-electron chi connectivity index (χ1n) is 15.4. The van der Waals surface area contributed by atoms with Gasteiger partial charge in [0.15, 0.2) is 8.07 Å². The molecule has 0 saturated carbocycles. The molecule has 2 nitrogen and oxygen atoms in total. The van der Waals surface area contributed by atoms with E-state index in [0.29, 0.717) is 0 Å². The third-order valence-corrected chi connectivity index (χ3v) is 13.6. The van der Waals surface area contributed by atoms with E-state index in [1.807, 2.05) is 0 Å². The molecule has 0 atom stereocenters. The lowest BCUT2D eigenvalue weighted by Crippen LogP contribution is -2.76. The summed E-state index contributed by atoms with van der Waals surface area (Å²) in [6, 6.07) is 67.3. The summed E-state index contributed by atoms with van der Waals surface area (Å²) in [6.07, 6.45) is 0. The first kappa shape index (κ1) is 26.9. The van der Waals surface area contributed by atoms with Crippen molar-refractivity contribution in [2.75, 3.05) is 4.90 Å². The molecule has 214 valence electrons. The Morgan fingerprint density at radius 1 is 0.378 bits per heavy atom. The summed E-state index contributed by atoms with van der Waals surface area (Å²) in [5.41, 5.74) is 5.57. The van der Waals surface area contributed by atoms with Crippen molar-refractivity contribution in [2.24, 2.45) is 0 Å². The Morgan fingerprint density at radius 2 is 0.844 bits per heavy atom. The van der Waals surface area contributed by atoms with E-state index < -0.39 is 8.07 Å². The highest BCUT2D eigenvalue weighted by Gasteiger charge is 2.48. The van der Waals surface area contributed by atoms with Crippen LogP contribution in [0.3, 0.4) is 0 Å². The molecule has 0 fully saturated rings. The number of para-hydroxylation sites is 4. The SMILES string of the molecule is c1ccc(N(c2ccccc2)c2ccc(-c3cccc4c3Oc3ccccc3[Si]4(c3ccccc3)c3ccccc3)cc2)cc1. The summed E-state index contributed by atoms with van der Waals surface area (Å²) in [6.45, 7) is 0. The number of hydrogen-bond donors (Lipinski definition) is 0.